The first-order valence-electron chi connectivity index (χ1n) is 7.90. The molecule has 2 N–H and O–H groups in total. The number of rotatable bonds is 4. The van der Waals surface area contributed by atoms with Crippen LogP contribution in [0.5, 0.6) is 5.75 Å². The number of hydrogen-bond donors (Lipinski definition) is 2. The fraction of sp³-hybridized carbons (Fsp3) is 0.368. The van der Waals surface area contributed by atoms with E-state index < -0.39 is 0 Å². The van der Waals surface area contributed by atoms with Gasteiger partial charge in [-0.2, -0.15) is 0 Å². The Bertz CT molecular complexity index is 582. The molecule has 3 atom stereocenters. The topological polar surface area (TPSA) is 41.5 Å². The third-order valence-electron chi connectivity index (χ3n) is 4.46. The van der Waals surface area contributed by atoms with Crippen LogP contribution in [0.4, 0.5) is 0 Å². The molecule has 0 amide bonds. The van der Waals surface area contributed by atoms with E-state index in [-0.39, 0.29) is 18.1 Å². The van der Waals surface area contributed by atoms with Gasteiger partial charge in [-0.15, -0.1) is 0 Å². The minimum atomic E-state index is -0.318. The average molecular weight is 297 g/mol. The Morgan fingerprint density at radius 3 is 2.36 bits per heavy atom. The second-order valence-electron chi connectivity index (χ2n) is 5.85. The summed E-state index contributed by atoms with van der Waals surface area (Å²) in [6.07, 6.45) is 1.57. The van der Waals surface area contributed by atoms with Crippen molar-refractivity contribution in [1.29, 1.82) is 0 Å². The molecule has 116 valence electrons. The number of hydrogen-bond acceptors (Lipinski definition) is 3. The summed E-state index contributed by atoms with van der Waals surface area (Å²) in [5.41, 5.74) is 2.43. The molecular weight excluding hydrogens is 274 g/mol. The van der Waals surface area contributed by atoms with Crippen LogP contribution in [-0.4, -0.2) is 30.9 Å². The summed E-state index contributed by atoms with van der Waals surface area (Å²) in [6.45, 7) is 0.960. The summed E-state index contributed by atoms with van der Waals surface area (Å²) < 4.78 is 5.26. The molecule has 22 heavy (non-hydrogen) atoms. The van der Waals surface area contributed by atoms with Crippen molar-refractivity contribution in [2.75, 3.05) is 13.7 Å². The third kappa shape index (κ3) is 3.16. The van der Waals surface area contributed by atoms with E-state index in [1.54, 1.807) is 7.11 Å². The van der Waals surface area contributed by atoms with E-state index in [4.69, 9.17) is 4.74 Å². The van der Waals surface area contributed by atoms with Crippen LogP contribution in [0.1, 0.15) is 29.9 Å². The highest BCUT2D eigenvalue weighted by molar-refractivity contribution is 5.38. The van der Waals surface area contributed by atoms with E-state index in [0.717, 1.165) is 25.1 Å². The maximum Gasteiger partial charge on any atom is 0.118 e. The lowest BCUT2D eigenvalue weighted by molar-refractivity contribution is 0.0890. The van der Waals surface area contributed by atoms with E-state index in [1.165, 1.54) is 11.1 Å². The van der Waals surface area contributed by atoms with Crippen LogP contribution < -0.4 is 10.1 Å². The van der Waals surface area contributed by atoms with Gasteiger partial charge in [0, 0.05) is 12.0 Å². The standard InChI is InChI=1S/C19H23NO2/c1-22-16-11-9-15(10-12-16)18(14-6-3-2-4-7-14)19-17(21)8-5-13-20-19/h2-4,6-7,9-12,17-21H,5,8,13H2,1H3/t17-,18-,19+/m0/s1. The number of benzene rings is 2. The van der Waals surface area contributed by atoms with Gasteiger partial charge in [-0.05, 0) is 42.6 Å². The smallest absolute Gasteiger partial charge is 0.118 e. The molecule has 0 saturated carbocycles. The van der Waals surface area contributed by atoms with Crippen LogP contribution in [0.25, 0.3) is 0 Å². The fourth-order valence-corrected chi connectivity index (χ4v) is 3.31. The molecule has 0 radical (unpaired) electrons. The van der Waals surface area contributed by atoms with Crippen molar-refractivity contribution in [2.24, 2.45) is 0 Å². The van der Waals surface area contributed by atoms with Crippen LogP contribution in [0.15, 0.2) is 54.6 Å². The Morgan fingerprint density at radius 2 is 1.73 bits per heavy atom. The number of piperidine rings is 1. The summed E-state index contributed by atoms with van der Waals surface area (Å²) in [6, 6.07) is 18.6. The van der Waals surface area contributed by atoms with Gasteiger partial charge in [0.05, 0.1) is 13.2 Å². The van der Waals surface area contributed by atoms with E-state index >= 15 is 0 Å². The van der Waals surface area contributed by atoms with Gasteiger partial charge in [-0.3, -0.25) is 0 Å². The minimum absolute atomic E-state index is 0.0459. The predicted octanol–water partition coefficient (Wildman–Crippen LogP) is 2.94. The molecule has 1 aliphatic rings. The van der Waals surface area contributed by atoms with E-state index in [1.807, 2.05) is 18.2 Å². The van der Waals surface area contributed by atoms with Crippen LogP contribution >= 0.6 is 0 Å². The van der Waals surface area contributed by atoms with Gasteiger partial charge in [0.15, 0.2) is 0 Å². The van der Waals surface area contributed by atoms with E-state index in [9.17, 15) is 5.11 Å². The zero-order valence-electron chi connectivity index (χ0n) is 12.9. The number of aliphatic hydroxyl groups is 1. The first kappa shape index (κ1) is 15.1. The van der Waals surface area contributed by atoms with Crippen LogP contribution in [0, 0.1) is 0 Å². The number of nitrogens with one attached hydrogen (secondary N) is 1. The van der Waals surface area contributed by atoms with Crippen molar-refractivity contribution in [1.82, 2.24) is 5.32 Å². The molecule has 1 heterocycles. The molecule has 2 aromatic rings. The average Bonchev–Trinajstić information content (AvgIpc) is 2.58. The van der Waals surface area contributed by atoms with Crippen molar-refractivity contribution in [3.8, 4) is 5.75 Å². The molecular formula is C19H23NO2. The van der Waals surface area contributed by atoms with Gasteiger partial charge in [0.1, 0.15) is 5.75 Å². The second kappa shape index (κ2) is 6.95. The van der Waals surface area contributed by atoms with Gasteiger partial charge in [-0.25, -0.2) is 0 Å². The number of aliphatic hydroxyl groups excluding tert-OH is 1. The van der Waals surface area contributed by atoms with Gasteiger partial charge < -0.3 is 15.2 Å². The van der Waals surface area contributed by atoms with Gasteiger partial charge in [-0.1, -0.05) is 42.5 Å². The summed E-state index contributed by atoms with van der Waals surface area (Å²) in [4.78, 5) is 0. The van der Waals surface area contributed by atoms with E-state index in [2.05, 4.69) is 41.7 Å². The highest BCUT2D eigenvalue weighted by Gasteiger charge is 2.32. The summed E-state index contributed by atoms with van der Waals surface area (Å²) >= 11 is 0. The van der Waals surface area contributed by atoms with Crippen molar-refractivity contribution in [3.05, 3.63) is 65.7 Å². The van der Waals surface area contributed by atoms with Crippen molar-refractivity contribution < 1.29 is 9.84 Å². The van der Waals surface area contributed by atoms with Gasteiger partial charge in [0.2, 0.25) is 0 Å². The molecule has 0 aliphatic carbocycles. The summed E-state index contributed by atoms with van der Waals surface area (Å²) in [5, 5.41) is 14.0. The SMILES string of the molecule is COc1ccc([C@H](c2ccccc2)[C@@H]2NCCC[C@@H]2O)cc1. The molecule has 1 saturated heterocycles. The molecule has 1 aliphatic heterocycles. The highest BCUT2D eigenvalue weighted by Crippen LogP contribution is 2.32. The normalized spacial score (nSPS) is 23.0. The zero-order chi connectivity index (χ0) is 15.4. The molecule has 0 aromatic heterocycles. The molecule has 3 rings (SSSR count). The molecule has 2 aromatic carbocycles. The van der Waals surface area contributed by atoms with Crippen molar-refractivity contribution >= 4 is 0 Å². The van der Waals surface area contributed by atoms with E-state index in [0.29, 0.717) is 0 Å². The Hall–Kier alpha value is -1.84. The summed E-state index contributed by atoms with van der Waals surface area (Å²) in [7, 11) is 1.68. The van der Waals surface area contributed by atoms with Gasteiger partial charge >= 0.3 is 0 Å². The van der Waals surface area contributed by atoms with Crippen LogP contribution in [0.2, 0.25) is 0 Å². The maximum atomic E-state index is 10.5. The Morgan fingerprint density at radius 1 is 1.05 bits per heavy atom. The van der Waals surface area contributed by atoms with Crippen LogP contribution in [0.3, 0.4) is 0 Å². The molecule has 3 nitrogen and oxygen atoms in total. The Labute approximate surface area is 131 Å². The zero-order valence-corrected chi connectivity index (χ0v) is 12.9. The summed E-state index contributed by atoms with van der Waals surface area (Å²) in [5.74, 6) is 0.995. The highest BCUT2D eigenvalue weighted by atomic mass is 16.5. The largest absolute Gasteiger partial charge is 0.497 e. The fourth-order valence-electron chi connectivity index (χ4n) is 3.31. The van der Waals surface area contributed by atoms with Crippen molar-refractivity contribution in [3.63, 3.8) is 0 Å². The third-order valence-corrected chi connectivity index (χ3v) is 4.46. The van der Waals surface area contributed by atoms with Crippen molar-refractivity contribution in [2.45, 2.75) is 30.9 Å². The molecule has 1 fully saturated rings. The second-order valence-corrected chi connectivity index (χ2v) is 5.85. The number of ether oxygens (including phenoxy) is 1. The molecule has 0 bridgehead atoms. The molecule has 0 unspecified atom stereocenters. The Kier molecular flexibility index (Phi) is 4.76. The number of methoxy groups -OCH3 is 1. The first-order valence-corrected chi connectivity index (χ1v) is 7.90. The lowest BCUT2D eigenvalue weighted by Crippen LogP contribution is -2.48. The quantitative estimate of drug-likeness (QED) is 0.911. The monoisotopic (exact) mass is 297 g/mol. The molecule has 0 spiro atoms. The molecule has 3 heteroatoms. The van der Waals surface area contributed by atoms with Crippen LogP contribution in [-0.2, 0) is 0 Å². The Balaban J connectivity index is 1.98. The lowest BCUT2D eigenvalue weighted by atomic mass is 9.80. The minimum Gasteiger partial charge on any atom is -0.497 e. The predicted molar refractivity (Wildman–Crippen MR) is 88.3 cm³/mol. The lowest BCUT2D eigenvalue weighted by Gasteiger charge is -2.36. The van der Waals surface area contributed by atoms with Gasteiger partial charge in [0.25, 0.3) is 0 Å². The first-order chi connectivity index (χ1) is 10.8. The maximum absolute atomic E-state index is 10.5.